The van der Waals surface area contributed by atoms with Gasteiger partial charge in [0.2, 0.25) is 0 Å². The molecule has 0 spiro atoms. The van der Waals surface area contributed by atoms with E-state index in [2.05, 4.69) is 15.0 Å². The summed E-state index contributed by atoms with van der Waals surface area (Å²) >= 11 is 0. The van der Waals surface area contributed by atoms with Crippen LogP contribution in [0.4, 0.5) is 5.69 Å². The molecule has 0 radical (unpaired) electrons. The summed E-state index contributed by atoms with van der Waals surface area (Å²) in [5.41, 5.74) is 1.86. The fraction of sp³-hybridized carbons (Fsp3) is 0.267. The van der Waals surface area contributed by atoms with Crippen LogP contribution in [0.2, 0.25) is 0 Å². The Bertz CT molecular complexity index is 605. The van der Waals surface area contributed by atoms with E-state index in [9.17, 15) is 9.59 Å². The molecule has 1 amide bonds. The van der Waals surface area contributed by atoms with Crippen LogP contribution in [0.1, 0.15) is 23.0 Å². The predicted molar refractivity (Wildman–Crippen MR) is 75.8 cm³/mol. The highest BCUT2D eigenvalue weighted by molar-refractivity contribution is 6.02. The molecule has 1 N–H and O–H groups in total. The number of rotatable bonds is 5. The molecule has 1 heterocycles. The zero-order valence-corrected chi connectivity index (χ0v) is 11.8. The maximum Gasteiger partial charge on any atom is 0.308 e. The molecule has 0 aliphatic rings. The summed E-state index contributed by atoms with van der Waals surface area (Å²) in [6.45, 7) is 1.81. The van der Waals surface area contributed by atoms with Crippen molar-refractivity contribution in [1.82, 2.24) is 5.16 Å². The molecule has 0 saturated heterocycles. The van der Waals surface area contributed by atoms with Gasteiger partial charge in [0, 0.05) is 11.8 Å². The van der Waals surface area contributed by atoms with E-state index in [1.807, 2.05) is 19.1 Å². The molecule has 6 heteroatoms. The van der Waals surface area contributed by atoms with Gasteiger partial charge in [-0.05, 0) is 24.1 Å². The van der Waals surface area contributed by atoms with Crippen LogP contribution in [0.3, 0.4) is 0 Å². The summed E-state index contributed by atoms with van der Waals surface area (Å²) < 4.78 is 9.30. The Morgan fingerprint density at radius 3 is 2.57 bits per heavy atom. The standard InChI is InChI=1S/C15H16N2O4/c1-10(15(19)20-2)9-11-3-5-12(6-4-11)16-14(18)13-7-8-21-17-13/h3-8,10H,9H2,1-2H3,(H,16,18). The van der Waals surface area contributed by atoms with Gasteiger partial charge in [0.25, 0.3) is 5.91 Å². The highest BCUT2D eigenvalue weighted by atomic mass is 16.5. The van der Waals surface area contributed by atoms with Crippen LogP contribution >= 0.6 is 0 Å². The molecule has 0 fully saturated rings. The van der Waals surface area contributed by atoms with Gasteiger partial charge in [-0.15, -0.1) is 0 Å². The highest BCUT2D eigenvalue weighted by Crippen LogP contribution is 2.14. The van der Waals surface area contributed by atoms with Crippen molar-refractivity contribution in [1.29, 1.82) is 0 Å². The third-order valence-electron chi connectivity index (χ3n) is 3.03. The van der Waals surface area contributed by atoms with Crippen LogP contribution in [0.25, 0.3) is 0 Å². The molecule has 2 aromatic rings. The first kappa shape index (κ1) is 14.8. The third kappa shape index (κ3) is 3.92. The van der Waals surface area contributed by atoms with Crippen LogP contribution in [0.15, 0.2) is 41.1 Å². The molecule has 6 nitrogen and oxygen atoms in total. The number of carbonyl (C=O) groups excluding carboxylic acids is 2. The SMILES string of the molecule is COC(=O)C(C)Cc1ccc(NC(=O)c2ccon2)cc1. The first-order valence-electron chi connectivity index (χ1n) is 6.48. The number of carbonyl (C=O) groups is 2. The summed E-state index contributed by atoms with van der Waals surface area (Å²) in [4.78, 5) is 23.1. The predicted octanol–water partition coefficient (Wildman–Crippen LogP) is 2.28. The monoisotopic (exact) mass is 288 g/mol. The van der Waals surface area contributed by atoms with Gasteiger partial charge in [0.1, 0.15) is 6.26 Å². The van der Waals surface area contributed by atoms with Gasteiger partial charge < -0.3 is 14.6 Å². The number of amides is 1. The zero-order valence-electron chi connectivity index (χ0n) is 11.8. The third-order valence-corrected chi connectivity index (χ3v) is 3.03. The number of esters is 1. The van der Waals surface area contributed by atoms with E-state index in [0.717, 1.165) is 5.56 Å². The van der Waals surface area contributed by atoms with E-state index in [1.165, 1.54) is 19.4 Å². The van der Waals surface area contributed by atoms with E-state index < -0.39 is 0 Å². The molecule has 110 valence electrons. The van der Waals surface area contributed by atoms with Gasteiger partial charge in [-0.25, -0.2) is 0 Å². The number of hydrogen-bond donors (Lipinski definition) is 1. The molecule has 1 atom stereocenters. The smallest absolute Gasteiger partial charge is 0.308 e. The molecule has 0 aliphatic carbocycles. The topological polar surface area (TPSA) is 81.4 Å². The molecule has 0 saturated carbocycles. The van der Waals surface area contributed by atoms with Crippen molar-refractivity contribution in [3.05, 3.63) is 47.9 Å². The van der Waals surface area contributed by atoms with E-state index >= 15 is 0 Å². The molecule has 21 heavy (non-hydrogen) atoms. The molecule has 2 rings (SSSR count). The number of hydrogen-bond acceptors (Lipinski definition) is 5. The average Bonchev–Trinajstić information content (AvgIpc) is 3.02. The Morgan fingerprint density at radius 2 is 2.00 bits per heavy atom. The van der Waals surface area contributed by atoms with Crippen molar-refractivity contribution in [2.24, 2.45) is 5.92 Å². The molecule has 1 aromatic heterocycles. The van der Waals surface area contributed by atoms with E-state index in [-0.39, 0.29) is 23.5 Å². The lowest BCUT2D eigenvalue weighted by Gasteiger charge is -2.09. The van der Waals surface area contributed by atoms with Crippen LogP contribution < -0.4 is 5.32 Å². The van der Waals surface area contributed by atoms with Gasteiger partial charge in [-0.2, -0.15) is 0 Å². The van der Waals surface area contributed by atoms with Crippen molar-refractivity contribution in [3.63, 3.8) is 0 Å². The number of nitrogens with one attached hydrogen (secondary N) is 1. The Labute approximate surface area is 122 Å². The Balaban J connectivity index is 1.96. The highest BCUT2D eigenvalue weighted by Gasteiger charge is 2.14. The number of ether oxygens (including phenoxy) is 1. The quantitative estimate of drug-likeness (QED) is 0.854. The molecule has 0 aliphatic heterocycles. The number of methoxy groups -OCH3 is 1. The van der Waals surface area contributed by atoms with Crippen molar-refractivity contribution >= 4 is 17.6 Å². The lowest BCUT2D eigenvalue weighted by molar-refractivity contribution is -0.144. The average molecular weight is 288 g/mol. The second-order valence-electron chi connectivity index (χ2n) is 4.66. The number of benzene rings is 1. The largest absolute Gasteiger partial charge is 0.469 e. The second-order valence-corrected chi connectivity index (χ2v) is 4.66. The summed E-state index contributed by atoms with van der Waals surface area (Å²) in [7, 11) is 1.38. The van der Waals surface area contributed by atoms with E-state index in [4.69, 9.17) is 4.74 Å². The minimum atomic E-state index is -0.334. The van der Waals surface area contributed by atoms with Gasteiger partial charge in [0.05, 0.1) is 13.0 Å². The zero-order chi connectivity index (χ0) is 15.2. The Kier molecular flexibility index (Phi) is 4.71. The van der Waals surface area contributed by atoms with Gasteiger partial charge in [0.15, 0.2) is 5.69 Å². The van der Waals surface area contributed by atoms with Crippen LogP contribution in [0.5, 0.6) is 0 Å². The maximum atomic E-state index is 11.8. The van der Waals surface area contributed by atoms with Crippen LogP contribution in [-0.4, -0.2) is 24.1 Å². The summed E-state index contributed by atoms with van der Waals surface area (Å²) in [6, 6.07) is 8.76. The van der Waals surface area contributed by atoms with Crippen molar-refractivity contribution in [2.75, 3.05) is 12.4 Å². The molecule has 0 bridgehead atoms. The van der Waals surface area contributed by atoms with Gasteiger partial charge in [-0.3, -0.25) is 9.59 Å². The summed E-state index contributed by atoms with van der Waals surface area (Å²) in [5.74, 6) is -0.775. The van der Waals surface area contributed by atoms with Gasteiger partial charge >= 0.3 is 5.97 Å². The van der Waals surface area contributed by atoms with Gasteiger partial charge in [-0.1, -0.05) is 24.2 Å². The minimum Gasteiger partial charge on any atom is -0.469 e. The Morgan fingerprint density at radius 1 is 1.29 bits per heavy atom. The number of aromatic nitrogens is 1. The lowest BCUT2D eigenvalue weighted by Crippen LogP contribution is -2.15. The normalized spacial score (nSPS) is 11.7. The molecular formula is C15H16N2O4. The van der Waals surface area contributed by atoms with Crippen molar-refractivity contribution in [3.8, 4) is 0 Å². The van der Waals surface area contributed by atoms with E-state index in [1.54, 1.807) is 12.1 Å². The fourth-order valence-corrected chi connectivity index (χ4v) is 1.89. The minimum absolute atomic E-state index is 0.203. The summed E-state index contributed by atoms with van der Waals surface area (Å²) in [6.07, 6.45) is 1.93. The Hall–Kier alpha value is -2.63. The summed E-state index contributed by atoms with van der Waals surface area (Å²) in [5, 5.41) is 6.27. The van der Waals surface area contributed by atoms with Crippen LogP contribution in [-0.2, 0) is 16.0 Å². The molecule has 1 unspecified atom stereocenters. The van der Waals surface area contributed by atoms with Crippen molar-refractivity contribution < 1.29 is 18.8 Å². The number of anilines is 1. The van der Waals surface area contributed by atoms with E-state index in [0.29, 0.717) is 12.1 Å². The molecule has 1 aromatic carbocycles. The first-order chi connectivity index (χ1) is 10.1. The van der Waals surface area contributed by atoms with Crippen molar-refractivity contribution in [2.45, 2.75) is 13.3 Å². The second kappa shape index (κ2) is 6.69. The lowest BCUT2D eigenvalue weighted by atomic mass is 10.0. The molecular weight excluding hydrogens is 272 g/mol. The first-order valence-corrected chi connectivity index (χ1v) is 6.48. The fourth-order valence-electron chi connectivity index (χ4n) is 1.89. The maximum absolute atomic E-state index is 11.8. The number of nitrogens with zero attached hydrogens (tertiary/aromatic N) is 1. The van der Waals surface area contributed by atoms with Crippen LogP contribution in [0, 0.1) is 5.92 Å².